The van der Waals surface area contributed by atoms with Crippen molar-refractivity contribution in [3.63, 3.8) is 0 Å². The van der Waals surface area contributed by atoms with Crippen molar-refractivity contribution in [3.8, 4) is 0 Å². The van der Waals surface area contributed by atoms with E-state index in [2.05, 4.69) is 4.98 Å². The first-order chi connectivity index (χ1) is 13.0. The van der Waals surface area contributed by atoms with Crippen LogP contribution in [0.2, 0.25) is 0 Å². The zero-order chi connectivity index (χ0) is 19.1. The van der Waals surface area contributed by atoms with Gasteiger partial charge in [0.15, 0.2) is 0 Å². The second-order valence-electron chi connectivity index (χ2n) is 6.99. The Morgan fingerprint density at radius 2 is 2.07 bits per heavy atom. The number of hydrogen-bond donors (Lipinski definition) is 0. The van der Waals surface area contributed by atoms with Crippen LogP contribution in [0.5, 0.6) is 0 Å². The first-order valence-corrected chi connectivity index (χ1v) is 9.75. The fourth-order valence-electron chi connectivity index (χ4n) is 3.24. The van der Waals surface area contributed by atoms with Crippen LogP contribution in [-0.4, -0.2) is 26.4 Å². The van der Waals surface area contributed by atoms with Crippen LogP contribution in [0.4, 0.5) is 4.39 Å². The van der Waals surface area contributed by atoms with Crippen LogP contribution in [0.1, 0.15) is 28.8 Å². The van der Waals surface area contributed by atoms with Gasteiger partial charge in [-0.1, -0.05) is 18.2 Å². The summed E-state index contributed by atoms with van der Waals surface area (Å²) in [6, 6.07) is 6.60. The van der Waals surface area contributed by atoms with Gasteiger partial charge in [0.2, 0.25) is 5.91 Å². The van der Waals surface area contributed by atoms with Gasteiger partial charge in [-0.3, -0.25) is 14.2 Å². The summed E-state index contributed by atoms with van der Waals surface area (Å²) in [6.45, 7) is 4.00. The molecule has 1 aromatic carbocycles. The van der Waals surface area contributed by atoms with E-state index in [1.807, 2.05) is 13.8 Å². The standard InChI is InChI=1S/C20H20FN3O2S/c1-12-13(2)27-19-18(12)20(26)23(11-22-19)10-17(25)24(15-7-8-15)9-14-5-3-4-6-16(14)21/h3-6,11,15H,7-10H2,1-2H3. The molecule has 7 heteroatoms. The lowest BCUT2D eigenvalue weighted by molar-refractivity contribution is -0.133. The molecule has 1 fully saturated rings. The number of carbonyl (C=O) groups is 1. The Labute approximate surface area is 160 Å². The molecular formula is C20H20FN3O2S. The Hall–Kier alpha value is -2.54. The highest BCUT2D eigenvalue weighted by molar-refractivity contribution is 7.18. The number of aromatic nitrogens is 2. The molecule has 1 amide bonds. The number of nitrogens with zero attached hydrogens (tertiary/aromatic N) is 3. The summed E-state index contributed by atoms with van der Waals surface area (Å²) < 4.78 is 15.4. The Kier molecular flexibility index (Phi) is 4.55. The van der Waals surface area contributed by atoms with Gasteiger partial charge in [-0.2, -0.15) is 0 Å². The highest BCUT2D eigenvalue weighted by atomic mass is 32.1. The molecule has 0 aliphatic heterocycles. The molecule has 4 rings (SSSR count). The van der Waals surface area contributed by atoms with Gasteiger partial charge < -0.3 is 4.90 Å². The predicted octanol–water partition coefficient (Wildman–Crippen LogP) is 3.41. The zero-order valence-corrected chi connectivity index (χ0v) is 16.1. The van der Waals surface area contributed by atoms with Crippen LogP contribution in [-0.2, 0) is 17.9 Å². The van der Waals surface area contributed by atoms with Crippen LogP contribution in [0, 0.1) is 19.7 Å². The molecule has 0 N–H and O–H groups in total. The number of carbonyl (C=O) groups excluding carboxylic acids is 1. The van der Waals surface area contributed by atoms with Gasteiger partial charge in [0.1, 0.15) is 17.2 Å². The van der Waals surface area contributed by atoms with E-state index in [-0.39, 0.29) is 36.4 Å². The summed E-state index contributed by atoms with van der Waals surface area (Å²) in [7, 11) is 0. The molecular weight excluding hydrogens is 365 g/mol. The maximum Gasteiger partial charge on any atom is 0.262 e. The summed E-state index contributed by atoms with van der Waals surface area (Å²) in [5.74, 6) is -0.505. The summed E-state index contributed by atoms with van der Waals surface area (Å²) in [5.41, 5.74) is 1.21. The number of rotatable bonds is 5. The summed E-state index contributed by atoms with van der Waals surface area (Å²) in [4.78, 5) is 33.5. The summed E-state index contributed by atoms with van der Waals surface area (Å²) >= 11 is 1.48. The van der Waals surface area contributed by atoms with E-state index in [0.29, 0.717) is 15.8 Å². The van der Waals surface area contributed by atoms with Gasteiger partial charge in [-0.05, 0) is 38.3 Å². The molecule has 0 radical (unpaired) electrons. The van der Waals surface area contributed by atoms with Crippen molar-refractivity contribution in [1.29, 1.82) is 0 Å². The average molecular weight is 385 g/mol. The van der Waals surface area contributed by atoms with E-state index < -0.39 is 0 Å². The summed E-state index contributed by atoms with van der Waals surface area (Å²) in [5, 5.41) is 0.583. The first kappa shape index (κ1) is 17.9. The fourth-order valence-corrected chi connectivity index (χ4v) is 4.22. The van der Waals surface area contributed by atoms with E-state index >= 15 is 0 Å². The normalized spacial score (nSPS) is 13.9. The number of amides is 1. The highest BCUT2D eigenvalue weighted by Gasteiger charge is 2.33. The van der Waals surface area contributed by atoms with Gasteiger partial charge in [0.25, 0.3) is 5.56 Å². The number of benzene rings is 1. The Balaban J connectivity index is 1.61. The quantitative estimate of drug-likeness (QED) is 0.676. The van der Waals surface area contributed by atoms with Crippen LogP contribution < -0.4 is 5.56 Å². The highest BCUT2D eigenvalue weighted by Crippen LogP contribution is 2.29. The van der Waals surface area contributed by atoms with Gasteiger partial charge in [-0.25, -0.2) is 9.37 Å². The van der Waals surface area contributed by atoms with Crippen LogP contribution in [0.25, 0.3) is 10.2 Å². The molecule has 0 saturated heterocycles. The molecule has 140 valence electrons. The van der Waals surface area contributed by atoms with Gasteiger partial charge in [0.05, 0.1) is 11.7 Å². The molecule has 5 nitrogen and oxygen atoms in total. The molecule has 27 heavy (non-hydrogen) atoms. The molecule has 0 atom stereocenters. The molecule has 0 bridgehead atoms. The minimum absolute atomic E-state index is 0.0823. The van der Waals surface area contributed by atoms with Crippen molar-refractivity contribution in [3.05, 3.63) is 62.8 Å². The number of thiophene rings is 1. The van der Waals surface area contributed by atoms with E-state index in [1.54, 1.807) is 23.1 Å². The minimum Gasteiger partial charge on any atom is -0.334 e. The van der Waals surface area contributed by atoms with E-state index in [0.717, 1.165) is 23.3 Å². The minimum atomic E-state index is -0.319. The maximum atomic E-state index is 14.0. The third-order valence-electron chi connectivity index (χ3n) is 5.07. The van der Waals surface area contributed by atoms with Gasteiger partial charge in [-0.15, -0.1) is 11.3 Å². The van der Waals surface area contributed by atoms with E-state index in [1.165, 1.54) is 28.3 Å². The number of hydrogen-bond acceptors (Lipinski definition) is 4. The van der Waals surface area contributed by atoms with E-state index in [4.69, 9.17) is 0 Å². The van der Waals surface area contributed by atoms with Crippen molar-refractivity contribution in [2.24, 2.45) is 0 Å². The molecule has 0 spiro atoms. The van der Waals surface area contributed by atoms with Crippen LogP contribution in [0.15, 0.2) is 35.4 Å². The fraction of sp³-hybridized carbons (Fsp3) is 0.350. The SMILES string of the molecule is Cc1sc2ncn(CC(=O)N(Cc3ccccc3F)C3CC3)c(=O)c2c1C. The number of halogens is 1. The summed E-state index contributed by atoms with van der Waals surface area (Å²) in [6.07, 6.45) is 3.26. The average Bonchev–Trinajstić information content (AvgIpc) is 3.43. The Bertz CT molecular complexity index is 1080. The Morgan fingerprint density at radius 3 is 2.78 bits per heavy atom. The van der Waals surface area contributed by atoms with Crippen LogP contribution in [0.3, 0.4) is 0 Å². The second kappa shape index (κ2) is 6.88. The largest absolute Gasteiger partial charge is 0.334 e. The third kappa shape index (κ3) is 3.39. The second-order valence-corrected chi connectivity index (χ2v) is 8.19. The molecule has 2 aromatic heterocycles. The van der Waals surface area contributed by atoms with Crippen molar-refractivity contribution in [2.75, 3.05) is 0 Å². The smallest absolute Gasteiger partial charge is 0.262 e. The third-order valence-corrected chi connectivity index (χ3v) is 6.18. The zero-order valence-electron chi connectivity index (χ0n) is 15.2. The lowest BCUT2D eigenvalue weighted by atomic mass is 10.2. The number of fused-ring (bicyclic) bond motifs is 1. The maximum absolute atomic E-state index is 14.0. The molecule has 1 saturated carbocycles. The van der Waals surface area contributed by atoms with Crippen LogP contribution >= 0.6 is 11.3 Å². The molecule has 3 aromatic rings. The number of aryl methyl sites for hydroxylation is 2. The lowest BCUT2D eigenvalue weighted by Gasteiger charge is -2.23. The topological polar surface area (TPSA) is 55.2 Å². The monoisotopic (exact) mass is 385 g/mol. The molecule has 1 aliphatic rings. The van der Waals surface area contributed by atoms with Gasteiger partial charge >= 0.3 is 0 Å². The predicted molar refractivity (Wildman–Crippen MR) is 103 cm³/mol. The molecule has 2 heterocycles. The Morgan fingerprint density at radius 1 is 1.33 bits per heavy atom. The van der Waals surface area contributed by atoms with Gasteiger partial charge in [0, 0.05) is 23.0 Å². The lowest BCUT2D eigenvalue weighted by Crippen LogP contribution is -2.37. The van der Waals surface area contributed by atoms with Crippen molar-refractivity contribution < 1.29 is 9.18 Å². The van der Waals surface area contributed by atoms with Crippen molar-refractivity contribution in [2.45, 2.75) is 45.8 Å². The molecule has 1 aliphatic carbocycles. The van der Waals surface area contributed by atoms with E-state index in [9.17, 15) is 14.0 Å². The van der Waals surface area contributed by atoms with Crippen molar-refractivity contribution in [1.82, 2.24) is 14.5 Å². The van der Waals surface area contributed by atoms with Crippen molar-refractivity contribution >= 4 is 27.5 Å². The first-order valence-electron chi connectivity index (χ1n) is 8.93. The molecule has 0 unspecified atom stereocenters.